The molecule has 35 heavy (non-hydrogen) atoms. The Labute approximate surface area is 206 Å². The summed E-state index contributed by atoms with van der Waals surface area (Å²) in [4.78, 5) is 0. The standard InChI is InChI=1S/C34H28O/c1-21-11-13-22(14-12-21)23-16-18-30-29(19-23)26-17-15-24(20-31(26)34(30,2)3)25-8-6-9-28-27-7-4-5-10-32(27)35-33(25)28/h6-20H,4-5H2,1-3H3. The summed E-state index contributed by atoms with van der Waals surface area (Å²) in [5, 5.41) is 2.48. The van der Waals surface area contributed by atoms with Gasteiger partial charge in [-0.15, -0.1) is 0 Å². The molecular weight excluding hydrogens is 424 g/mol. The quantitative estimate of drug-likeness (QED) is 0.267. The van der Waals surface area contributed by atoms with E-state index in [-0.39, 0.29) is 5.41 Å². The van der Waals surface area contributed by atoms with Crippen LogP contribution in [0.3, 0.4) is 0 Å². The lowest BCUT2D eigenvalue weighted by Gasteiger charge is -2.22. The SMILES string of the molecule is Cc1ccc(-c2ccc3c(c2)-c2ccc(-c4cccc5c6c(oc45)=CCCC=6)cc2C3(C)C)cc1. The molecule has 0 N–H and O–H groups in total. The lowest BCUT2D eigenvalue weighted by Crippen LogP contribution is -2.21. The first kappa shape index (κ1) is 20.5. The van der Waals surface area contributed by atoms with E-state index < -0.39 is 0 Å². The molecule has 0 unspecified atom stereocenters. The average Bonchev–Trinajstić information content (AvgIpc) is 3.37. The molecule has 0 bridgehead atoms. The lowest BCUT2D eigenvalue weighted by atomic mass is 9.81. The van der Waals surface area contributed by atoms with Crippen LogP contribution in [0.4, 0.5) is 0 Å². The summed E-state index contributed by atoms with van der Waals surface area (Å²) < 4.78 is 6.40. The summed E-state index contributed by atoms with van der Waals surface area (Å²) in [6.07, 6.45) is 6.69. The Balaban J connectivity index is 1.39. The average molecular weight is 453 g/mol. The third-order valence-electron chi connectivity index (χ3n) is 8.00. The number of hydrogen-bond acceptors (Lipinski definition) is 1. The van der Waals surface area contributed by atoms with Gasteiger partial charge in [-0.25, -0.2) is 0 Å². The van der Waals surface area contributed by atoms with Crippen molar-refractivity contribution in [2.24, 2.45) is 0 Å². The molecule has 0 aliphatic heterocycles. The molecule has 170 valence electrons. The van der Waals surface area contributed by atoms with Gasteiger partial charge in [-0.3, -0.25) is 0 Å². The fourth-order valence-electron chi connectivity index (χ4n) is 6.03. The molecule has 5 aromatic rings. The zero-order valence-electron chi connectivity index (χ0n) is 20.5. The predicted octanol–water partition coefficient (Wildman–Crippen LogP) is 7.74. The Morgan fingerprint density at radius 3 is 2.29 bits per heavy atom. The molecule has 4 aromatic carbocycles. The number of hydrogen-bond donors (Lipinski definition) is 0. The van der Waals surface area contributed by atoms with Gasteiger partial charge in [0.2, 0.25) is 0 Å². The fraction of sp³-hybridized carbons (Fsp3) is 0.176. The van der Waals surface area contributed by atoms with Crippen molar-refractivity contribution in [1.82, 2.24) is 0 Å². The molecule has 0 saturated heterocycles. The maximum atomic E-state index is 6.40. The first-order chi connectivity index (χ1) is 17.0. The second-order valence-corrected chi connectivity index (χ2v) is 10.6. The van der Waals surface area contributed by atoms with Crippen molar-refractivity contribution in [3.63, 3.8) is 0 Å². The van der Waals surface area contributed by atoms with Crippen LogP contribution in [-0.4, -0.2) is 0 Å². The maximum Gasteiger partial charge on any atom is 0.143 e. The third-order valence-corrected chi connectivity index (χ3v) is 8.00. The van der Waals surface area contributed by atoms with Crippen molar-refractivity contribution >= 4 is 23.1 Å². The maximum absolute atomic E-state index is 6.40. The van der Waals surface area contributed by atoms with Crippen molar-refractivity contribution in [2.75, 3.05) is 0 Å². The van der Waals surface area contributed by atoms with Gasteiger partial charge in [0.1, 0.15) is 11.0 Å². The molecule has 7 rings (SSSR count). The fourth-order valence-corrected chi connectivity index (χ4v) is 6.03. The second-order valence-electron chi connectivity index (χ2n) is 10.6. The molecule has 2 aliphatic carbocycles. The molecule has 0 atom stereocenters. The zero-order chi connectivity index (χ0) is 23.7. The molecule has 2 aliphatic rings. The van der Waals surface area contributed by atoms with Gasteiger partial charge >= 0.3 is 0 Å². The molecule has 0 radical (unpaired) electrons. The normalized spacial score (nSPS) is 15.2. The highest BCUT2D eigenvalue weighted by atomic mass is 16.3. The highest BCUT2D eigenvalue weighted by Crippen LogP contribution is 2.50. The van der Waals surface area contributed by atoms with Gasteiger partial charge in [0, 0.05) is 21.6 Å². The van der Waals surface area contributed by atoms with Crippen LogP contribution < -0.4 is 10.6 Å². The van der Waals surface area contributed by atoms with E-state index in [1.807, 2.05) is 0 Å². The van der Waals surface area contributed by atoms with E-state index in [0.29, 0.717) is 0 Å². The number of benzene rings is 4. The Kier molecular flexibility index (Phi) is 4.30. The van der Waals surface area contributed by atoms with E-state index in [1.54, 1.807) is 0 Å². The largest absolute Gasteiger partial charge is 0.456 e. The minimum atomic E-state index is -0.0513. The van der Waals surface area contributed by atoms with Crippen LogP contribution in [0.5, 0.6) is 0 Å². The minimum absolute atomic E-state index is 0.0513. The minimum Gasteiger partial charge on any atom is -0.456 e. The molecule has 0 amide bonds. The monoisotopic (exact) mass is 452 g/mol. The third kappa shape index (κ3) is 3.01. The van der Waals surface area contributed by atoms with Crippen LogP contribution >= 0.6 is 0 Å². The van der Waals surface area contributed by atoms with Crippen molar-refractivity contribution in [3.8, 4) is 33.4 Å². The summed E-state index contributed by atoms with van der Waals surface area (Å²) in [5.41, 5.74) is 13.7. The second kappa shape index (κ2) is 7.33. The Bertz CT molecular complexity index is 1760. The van der Waals surface area contributed by atoms with E-state index in [1.165, 1.54) is 60.7 Å². The predicted molar refractivity (Wildman–Crippen MR) is 147 cm³/mol. The summed E-state index contributed by atoms with van der Waals surface area (Å²) in [6, 6.07) is 29.3. The summed E-state index contributed by atoms with van der Waals surface area (Å²) >= 11 is 0. The van der Waals surface area contributed by atoms with Gasteiger partial charge in [-0.05, 0) is 76.9 Å². The molecule has 1 nitrogen and oxygen atoms in total. The van der Waals surface area contributed by atoms with Crippen molar-refractivity contribution in [3.05, 3.63) is 106 Å². The van der Waals surface area contributed by atoms with Gasteiger partial charge in [-0.1, -0.05) is 92.2 Å². The van der Waals surface area contributed by atoms with Gasteiger partial charge in [-0.2, -0.15) is 0 Å². The van der Waals surface area contributed by atoms with Crippen molar-refractivity contribution < 1.29 is 4.42 Å². The van der Waals surface area contributed by atoms with Crippen molar-refractivity contribution in [2.45, 2.75) is 39.0 Å². The van der Waals surface area contributed by atoms with Gasteiger partial charge in [0.05, 0.1) is 0 Å². The van der Waals surface area contributed by atoms with Crippen molar-refractivity contribution in [1.29, 1.82) is 0 Å². The van der Waals surface area contributed by atoms with Crippen LogP contribution in [0.15, 0.2) is 83.3 Å². The highest BCUT2D eigenvalue weighted by Gasteiger charge is 2.35. The summed E-state index contributed by atoms with van der Waals surface area (Å²) in [7, 11) is 0. The molecule has 1 heterocycles. The van der Waals surface area contributed by atoms with Crippen LogP contribution in [0, 0.1) is 6.92 Å². The van der Waals surface area contributed by atoms with E-state index in [4.69, 9.17) is 4.42 Å². The molecule has 0 spiro atoms. The highest BCUT2D eigenvalue weighted by molar-refractivity contribution is 5.95. The smallest absolute Gasteiger partial charge is 0.143 e. The molecular formula is C34H28O. The van der Waals surface area contributed by atoms with E-state index in [2.05, 4.69) is 112 Å². The Morgan fingerprint density at radius 2 is 1.43 bits per heavy atom. The Hall–Kier alpha value is -3.84. The van der Waals surface area contributed by atoms with E-state index >= 15 is 0 Å². The molecule has 0 saturated carbocycles. The molecule has 1 aromatic heterocycles. The molecule has 0 fully saturated rings. The lowest BCUT2D eigenvalue weighted by molar-refractivity contribution is 0.572. The van der Waals surface area contributed by atoms with Crippen LogP contribution in [0.25, 0.3) is 56.5 Å². The first-order valence-electron chi connectivity index (χ1n) is 12.6. The summed E-state index contributed by atoms with van der Waals surface area (Å²) in [5.74, 6) is 0. The van der Waals surface area contributed by atoms with Gasteiger partial charge < -0.3 is 4.42 Å². The first-order valence-corrected chi connectivity index (χ1v) is 12.6. The van der Waals surface area contributed by atoms with Crippen LogP contribution in [0.1, 0.15) is 43.4 Å². The number of furan rings is 1. The number of aryl methyl sites for hydroxylation is 1. The summed E-state index contributed by atoms with van der Waals surface area (Å²) in [6.45, 7) is 6.84. The van der Waals surface area contributed by atoms with Gasteiger partial charge in [0.15, 0.2) is 0 Å². The van der Waals surface area contributed by atoms with E-state index in [0.717, 1.165) is 23.8 Å². The van der Waals surface area contributed by atoms with Gasteiger partial charge in [0.25, 0.3) is 0 Å². The zero-order valence-corrected chi connectivity index (χ0v) is 20.5. The number of fused-ring (bicyclic) bond motifs is 6. The number of para-hydroxylation sites is 1. The van der Waals surface area contributed by atoms with Crippen LogP contribution in [-0.2, 0) is 5.41 Å². The Morgan fingerprint density at radius 1 is 0.657 bits per heavy atom. The van der Waals surface area contributed by atoms with Crippen LogP contribution in [0.2, 0.25) is 0 Å². The number of rotatable bonds is 2. The molecule has 1 heteroatoms. The van der Waals surface area contributed by atoms with E-state index in [9.17, 15) is 0 Å². The topological polar surface area (TPSA) is 13.1 Å².